The quantitative estimate of drug-likeness (QED) is 0.635. The van der Waals surface area contributed by atoms with Crippen molar-refractivity contribution >= 4 is 17.3 Å². The Kier molecular flexibility index (Phi) is 5.31. The second-order valence-corrected chi connectivity index (χ2v) is 4.78. The van der Waals surface area contributed by atoms with Crippen LogP contribution in [0, 0.1) is 10.1 Å². The van der Waals surface area contributed by atoms with Gasteiger partial charge in [0.1, 0.15) is 5.75 Å². The number of nitro benzene ring substituents is 1. The third-order valence-corrected chi connectivity index (χ3v) is 2.42. The molecular weight excluding hydrogens is 262 g/mol. The topological polar surface area (TPSA) is 84.7 Å². The summed E-state index contributed by atoms with van der Waals surface area (Å²) in [6.45, 7) is 3.73. The summed E-state index contributed by atoms with van der Waals surface area (Å²) >= 11 is 0. The van der Waals surface area contributed by atoms with Crippen molar-refractivity contribution in [1.29, 1.82) is 0 Å². The molecule has 0 heterocycles. The normalized spacial score (nSPS) is 10.2. The molecule has 0 aliphatic heterocycles. The molecule has 1 N–H and O–H groups in total. The van der Waals surface area contributed by atoms with Crippen molar-refractivity contribution in [2.24, 2.45) is 0 Å². The Morgan fingerprint density at radius 2 is 2.05 bits per heavy atom. The molecule has 1 aromatic carbocycles. The number of nitrogens with one attached hydrogen (secondary N) is 1. The number of nitrogens with zero attached hydrogens (tertiary/aromatic N) is 2. The average Bonchev–Trinajstić information content (AvgIpc) is 2.34. The standard InChI is InChI=1S/C13H19N3O4/c1-9(2)20-12-6-10(5-11(7-12)16(18)19)14-8-13(17)15(3)4/h5-7,9,14H,8H2,1-4H3. The number of carbonyl (C=O) groups is 1. The molecule has 0 aromatic heterocycles. The van der Waals surface area contributed by atoms with Crippen LogP contribution in [0.2, 0.25) is 0 Å². The van der Waals surface area contributed by atoms with E-state index in [9.17, 15) is 14.9 Å². The van der Waals surface area contributed by atoms with Gasteiger partial charge in [0.15, 0.2) is 0 Å². The molecule has 0 aliphatic carbocycles. The molecule has 1 amide bonds. The first-order valence-electron chi connectivity index (χ1n) is 6.19. The number of amides is 1. The molecule has 20 heavy (non-hydrogen) atoms. The Hall–Kier alpha value is -2.31. The number of benzene rings is 1. The maximum absolute atomic E-state index is 11.5. The van der Waals surface area contributed by atoms with Gasteiger partial charge in [-0.15, -0.1) is 0 Å². The zero-order chi connectivity index (χ0) is 15.3. The van der Waals surface area contributed by atoms with E-state index in [1.54, 1.807) is 20.2 Å². The van der Waals surface area contributed by atoms with Gasteiger partial charge in [-0.1, -0.05) is 0 Å². The zero-order valence-electron chi connectivity index (χ0n) is 12.0. The lowest BCUT2D eigenvalue weighted by atomic mass is 10.2. The Bertz CT molecular complexity index is 500. The van der Waals surface area contributed by atoms with Crippen molar-refractivity contribution in [2.75, 3.05) is 26.0 Å². The van der Waals surface area contributed by atoms with E-state index >= 15 is 0 Å². The number of ether oxygens (including phenoxy) is 1. The van der Waals surface area contributed by atoms with Crippen LogP contribution in [0.1, 0.15) is 13.8 Å². The third-order valence-electron chi connectivity index (χ3n) is 2.42. The van der Waals surface area contributed by atoms with Crippen molar-refractivity contribution in [2.45, 2.75) is 20.0 Å². The van der Waals surface area contributed by atoms with E-state index in [1.165, 1.54) is 17.0 Å². The summed E-state index contributed by atoms with van der Waals surface area (Å²) in [5.41, 5.74) is 0.396. The molecule has 0 fully saturated rings. The number of non-ortho nitro benzene ring substituents is 1. The number of carbonyl (C=O) groups excluding carboxylic acids is 1. The van der Waals surface area contributed by atoms with Gasteiger partial charge >= 0.3 is 0 Å². The summed E-state index contributed by atoms with van der Waals surface area (Å²) in [5.74, 6) is 0.275. The third kappa shape index (κ3) is 4.75. The largest absolute Gasteiger partial charge is 0.491 e. The fourth-order valence-electron chi connectivity index (χ4n) is 1.47. The van der Waals surface area contributed by atoms with Crippen LogP contribution in [0.5, 0.6) is 5.75 Å². The first-order valence-corrected chi connectivity index (χ1v) is 6.19. The first-order chi connectivity index (χ1) is 9.29. The maximum Gasteiger partial charge on any atom is 0.275 e. The average molecular weight is 281 g/mol. The van der Waals surface area contributed by atoms with Crippen molar-refractivity contribution in [3.05, 3.63) is 28.3 Å². The molecule has 0 unspecified atom stereocenters. The van der Waals surface area contributed by atoms with Gasteiger partial charge in [-0.05, 0) is 13.8 Å². The Balaban J connectivity index is 2.91. The summed E-state index contributed by atoms with van der Waals surface area (Å²) in [6.07, 6.45) is -0.0896. The lowest BCUT2D eigenvalue weighted by Crippen LogP contribution is -2.28. The van der Waals surface area contributed by atoms with Gasteiger partial charge < -0.3 is 15.0 Å². The number of hydrogen-bond donors (Lipinski definition) is 1. The van der Waals surface area contributed by atoms with Gasteiger partial charge in [-0.25, -0.2) is 0 Å². The molecule has 0 radical (unpaired) electrons. The predicted molar refractivity (Wildman–Crippen MR) is 76.0 cm³/mol. The number of anilines is 1. The molecule has 0 spiro atoms. The van der Waals surface area contributed by atoms with Gasteiger partial charge in [-0.3, -0.25) is 14.9 Å². The smallest absolute Gasteiger partial charge is 0.275 e. The number of nitro groups is 1. The van der Waals surface area contributed by atoms with E-state index in [0.717, 1.165) is 0 Å². The highest BCUT2D eigenvalue weighted by molar-refractivity contribution is 5.80. The number of rotatable bonds is 6. The molecule has 0 atom stereocenters. The number of hydrogen-bond acceptors (Lipinski definition) is 5. The SMILES string of the molecule is CC(C)Oc1cc(NCC(=O)N(C)C)cc([N+](=O)[O-])c1. The van der Waals surface area contributed by atoms with E-state index in [0.29, 0.717) is 11.4 Å². The minimum Gasteiger partial charge on any atom is -0.491 e. The Morgan fingerprint density at radius 3 is 2.55 bits per heavy atom. The lowest BCUT2D eigenvalue weighted by Gasteiger charge is -2.14. The van der Waals surface area contributed by atoms with Crippen LogP contribution in [0.4, 0.5) is 11.4 Å². The molecule has 1 rings (SSSR count). The minimum absolute atomic E-state index is 0.0648. The van der Waals surface area contributed by atoms with Crippen molar-refractivity contribution < 1.29 is 14.5 Å². The fraction of sp³-hybridized carbons (Fsp3) is 0.462. The van der Waals surface area contributed by atoms with Crippen molar-refractivity contribution in [1.82, 2.24) is 4.90 Å². The van der Waals surface area contributed by atoms with Crippen LogP contribution in [-0.4, -0.2) is 42.5 Å². The second kappa shape index (κ2) is 6.74. The first kappa shape index (κ1) is 15.7. The Labute approximate surface area is 117 Å². The lowest BCUT2D eigenvalue weighted by molar-refractivity contribution is -0.384. The van der Waals surface area contributed by atoms with Crippen LogP contribution in [0.15, 0.2) is 18.2 Å². The summed E-state index contributed by atoms with van der Waals surface area (Å²) < 4.78 is 5.46. The van der Waals surface area contributed by atoms with Gasteiger partial charge in [0, 0.05) is 31.9 Å². The fourth-order valence-corrected chi connectivity index (χ4v) is 1.47. The van der Waals surface area contributed by atoms with E-state index < -0.39 is 4.92 Å². The highest BCUT2D eigenvalue weighted by Crippen LogP contribution is 2.26. The monoisotopic (exact) mass is 281 g/mol. The van der Waals surface area contributed by atoms with Crippen LogP contribution < -0.4 is 10.1 Å². The molecule has 0 saturated carbocycles. The van der Waals surface area contributed by atoms with Gasteiger partial charge in [0.05, 0.1) is 23.6 Å². The maximum atomic E-state index is 11.5. The summed E-state index contributed by atoms with van der Waals surface area (Å²) in [7, 11) is 3.29. The molecule has 7 nitrogen and oxygen atoms in total. The minimum atomic E-state index is -0.494. The molecule has 1 aromatic rings. The van der Waals surface area contributed by atoms with Crippen LogP contribution in [-0.2, 0) is 4.79 Å². The highest BCUT2D eigenvalue weighted by atomic mass is 16.6. The van der Waals surface area contributed by atoms with Crippen molar-refractivity contribution in [3.8, 4) is 5.75 Å². The summed E-state index contributed by atoms with van der Waals surface area (Å²) in [6, 6.07) is 4.37. The molecule has 0 bridgehead atoms. The summed E-state index contributed by atoms with van der Waals surface area (Å²) in [5, 5.41) is 13.7. The van der Waals surface area contributed by atoms with E-state index in [1.807, 2.05) is 13.8 Å². The molecule has 0 aliphatic rings. The van der Waals surface area contributed by atoms with Gasteiger partial charge in [0.2, 0.25) is 5.91 Å². The highest BCUT2D eigenvalue weighted by Gasteiger charge is 2.12. The molecule has 0 saturated heterocycles. The van der Waals surface area contributed by atoms with Crippen LogP contribution >= 0.6 is 0 Å². The van der Waals surface area contributed by atoms with Crippen molar-refractivity contribution in [3.63, 3.8) is 0 Å². The van der Waals surface area contributed by atoms with Crippen LogP contribution in [0.25, 0.3) is 0 Å². The second-order valence-electron chi connectivity index (χ2n) is 4.78. The van der Waals surface area contributed by atoms with E-state index in [-0.39, 0.29) is 24.2 Å². The summed E-state index contributed by atoms with van der Waals surface area (Å²) in [4.78, 5) is 23.3. The van der Waals surface area contributed by atoms with E-state index in [4.69, 9.17) is 4.74 Å². The Morgan fingerprint density at radius 1 is 1.40 bits per heavy atom. The zero-order valence-corrected chi connectivity index (χ0v) is 12.0. The number of likely N-dealkylation sites (N-methyl/N-ethyl adjacent to an activating group) is 1. The predicted octanol–water partition coefficient (Wildman–Crippen LogP) is 1.88. The molecule has 7 heteroatoms. The molecule has 110 valence electrons. The molecular formula is C13H19N3O4. The van der Waals surface area contributed by atoms with Gasteiger partial charge in [-0.2, -0.15) is 0 Å². The van der Waals surface area contributed by atoms with Gasteiger partial charge in [0.25, 0.3) is 5.69 Å². The van der Waals surface area contributed by atoms with Crippen LogP contribution in [0.3, 0.4) is 0 Å². The van der Waals surface area contributed by atoms with E-state index in [2.05, 4.69) is 5.32 Å².